The first-order valence-electron chi connectivity index (χ1n) is 38.2. The van der Waals surface area contributed by atoms with E-state index < -0.39 is 0 Å². The lowest BCUT2D eigenvalue weighted by molar-refractivity contribution is 0.672. The number of para-hydroxylation sites is 3. The zero-order chi connectivity index (χ0) is 74.0. The van der Waals surface area contributed by atoms with Gasteiger partial charge in [-0.3, -0.25) is 0 Å². The highest BCUT2D eigenvalue weighted by molar-refractivity contribution is 6.19. The van der Waals surface area contributed by atoms with Crippen molar-refractivity contribution in [2.24, 2.45) is 0 Å². The number of hydrogen-bond acceptors (Lipinski definition) is 3. The van der Waals surface area contributed by atoms with E-state index in [2.05, 4.69) is 437 Å². The van der Waals surface area contributed by atoms with Crippen LogP contribution < -0.4 is 4.90 Å². The summed E-state index contributed by atoms with van der Waals surface area (Å²) in [7, 11) is 0. The summed E-state index contributed by atoms with van der Waals surface area (Å²) >= 11 is 0. The van der Waals surface area contributed by atoms with Gasteiger partial charge in [0.25, 0.3) is 0 Å². The van der Waals surface area contributed by atoms with E-state index in [-0.39, 0.29) is 0 Å². The lowest BCUT2D eigenvalue weighted by atomic mass is 10.0. The van der Waals surface area contributed by atoms with Crippen LogP contribution in [-0.2, 0) is 0 Å². The molecule has 0 spiro atoms. The van der Waals surface area contributed by atoms with E-state index in [9.17, 15) is 0 Å². The molecular weight excluding hydrogens is 1360 g/mol. The van der Waals surface area contributed by atoms with E-state index >= 15 is 0 Å². The van der Waals surface area contributed by atoms with Crippen molar-refractivity contribution < 1.29 is 8.83 Å². The minimum Gasteiger partial charge on any atom is -0.454 e. The molecule has 0 saturated carbocycles. The number of furan rings is 2. The molecule has 0 aliphatic carbocycles. The van der Waals surface area contributed by atoms with Gasteiger partial charge in [-0.15, -0.1) is 0 Å². The minimum atomic E-state index is 0.873. The molecular formula is C106H70N4O2. The van der Waals surface area contributed by atoms with Gasteiger partial charge in [0.1, 0.15) is 22.2 Å². The normalized spacial score (nSPS) is 11.6. The van der Waals surface area contributed by atoms with Gasteiger partial charge < -0.3 is 27.4 Å². The number of rotatable bonds is 13. The van der Waals surface area contributed by atoms with Crippen molar-refractivity contribution in [1.29, 1.82) is 0 Å². The van der Waals surface area contributed by atoms with Crippen LogP contribution in [0.1, 0.15) is 0 Å². The summed E-state index contributed by atoms with van der Waals surface area (Å²) in [5, 5.41) is 6.92. The lowest BCUT2D eigenvalue weighted by Crippen LogP contribution is -2.10. The van der Waals surface area contributed by atoms with Gasteiger partial charge in [0, 0.05) is 66.4 Å². The van der Waals surface area contributed by atoms with Crippen molar-refractivity contribution >= 4 is 105 Å². The Morgan fingerprint density at radius 3 is 1.00 bits per heavy atom. The van der Waals surface area contributed by atoms with Crippen molar-refractivity contribution in [2.75, 3.05) is 4.90 Å². The fourth-order valence-electron chi connectivity index (χ4n) is 16.7. The summed E-state index contributed by atoms with van der Waals surface area (Å²) < 4.78 is 20.4. The summed E-state index contributed by atoms with van der Waals surface area (Å²) in [5.41, 5.74) is 33.5. The van der Waals surface area contributed by atoms with Crippen molar-refractivity contribution in [1.82, 2.24) is 13.7 Å². The molecule has 0 saturated heterocycles. The quantitative estimate of drug-likeness (QED) is 0.116. The highest BCUT2D eigenvalue weighted by Gasteiger charge is 2.24. The Morgan fingerprint density at radius 1 is 0.170 bits per heavy atom. The van der Waals surface area contributed by atoms with E-state index in [0.29, 0.717) is 0 Å². The molecule has 17 aromatic carbocycles. The molecule has 5 aromatic heterocycles. The van der Waals surface area contributed by atoms with Crippen LogP contribution in [0, 0.1) is 0 Å². The van der Waals surface area contributed by atoms with Crippen molar-refractivity contribution in [3.8, 4) is 95.0 Å². The van der Waals surface area contributed by atoms with Gasteiger partial charge in [-0.2, -0.15) is 0 Å². The van der Waals surface area contributed by atoms with Crippen LogP contribution in [0.3, 0.4) is 0 Å². The maximum Gasteiger partial charge on any atom is 0.161 e. The maximum absolute atomic E-state index is 6.78. The van der Waals surface area contributed by atoms with Gasteiger partial charge in [0.2, 0.25) is 0 Å². The molecule has 0 amide bonds. The first kappa shape index (κ1) is 65.3. The molecule has 0 atom stereocenters. The van der Waals surface area contributed by atoms with Crippen LogP contribution in [0.4, 0.5) is 17.1 Å². The largest absolute Gasteiger partial charge is 0.454 e. The molecule has 0 radical (unpaired) electrons. The van der Waals surface area contributed by atoms with E-state index in [1.165, 1.54) is 77.4 Å². The average Bonchev–Trinajstić information content (AvgIpc) is 1.57. The van der Waals surface area contributed by atoms with Gasteiger partial charge >= 0.3 is 0 Å². The topological polar surface area (TPSA) is 44.3 Å². The molecule has 112 heavy (non-hydrogen) atoms. The fourth-order valence-corrected chi connectivity index (χ4v) is 16.7. The predicted molar refractivity (Wildman–Crippen MR) is 468 cm³/mol. The second-order valence-electron chi connectivity index (χ2n) is 28.7. The first-order valence-corrected chi connectivity index (χ1v) is 38.2. The average molecular weight is 1430 g/mol. The summed E-state index contributed by atoms with van der Waals surface area (Å²) in [6.07, 6.45) is 0. The molecule has 22 aromatic rings. The Labute approximate surface area is 647 Å². The van der Waals surface area contributed by atoms with Gasteiger partial charge in [-0.05, 0) is 211 Å². The second-order valence-corrected chi connectivity index (χ2v) is 28.7. The number of anilines is 3. The zero-order valence-corrected chi connectivity index (χ0v) is 61.0. The van der Waals surface area contributed by atoms with E-state index in [4.69, 9.17) is 8.83 Å². The van der Waals surface area contributed by atoms with Crippen LogP contribution in [-0.4, -0.2) is 13.7 Å². The number of aromatic nitrogens is 3. The second kappa shape index (κ2) is 27.7. The third kappa shape index (κ3) is 11.6. The summed E-state index contributed by atoms with van der Waals surface area (Å²) in [5.74, 6) is 0. The Balaban J connectivity index is 0.000000149. The SMILES string of the molecule is c1ccc(-c2ccc(N(c3ccc(-c4ccccc4)cc3)c3cccc(-c4ccc(-n5c6ccc(-c7ccccc7)cc6c6oc7ccc(-c8ccccc8)cc7c65)cc4)c3)cc2)cc1.c1ccc(-c2ccc3c(c2)c2oc4ccccc4c2n3-c2ccc(-c3ccc4c5ccccc5n(-c5ccccc5)c4c3)cc2)cc1. The molecule has 0 fully saturated rings. The van der Waals surface area contributed by atoms with E-state index in [0.717, 1.165) is 122 Å². The van der Waals surface area contributed by atoms with Crippen LogP contribution in [0.5, 0.6) is 0 Å². The van der Waals surface area contributed by atoms with Crippen molar-refractivity contribution in [3.05, 3.63) is 425 Å². The van der Waals surface area contributed by atoms with Gasteiger partial charge in [-0.25, -0.2) is 0 Å². The predicted octanol–water partition coefficient (Wildman–Crippen LogP) is 29.3. The highest BCUT2D eigenvalue weighted by atomic mass is 16.3. The molecule has 6 heteroatoms. The summed E-state index contributed by atoms with van der Waals surface area (Å²) in [4.78, 5) is 2.35. The van der Waals surface area contributed by atoms with Crippen LogP contribution in [0.2, 0.25) is 0 Å². The molecule has 0 N–H and O–H groups in total. The van der Waals surface area contributed by atoms with Crippen molar-refractivity contribution in [2.45, 2.75) is 0 Å². The van der Waals surface area contributed by atoms with Crippen LogP contribution >= 0.6 is 0 Å². The molecule has 0 unspecified atom stereocenters. The molecule has 0 bridgehead atoms. The van der Waals surface area contributed by atoms with Gasteiger partial charge in [0.15, 0.2) is 11.2 Å². The monoisotopic (exact) mass is 1430 g/mol. The van der Waals surface area contributed by atoms with Gasteiger partial charge in [-0.1, -0.05) is 291 Å². The number of hydrogen-bond donors (Lipinski definition) is 0. The number of benzene rings is 17. The minimum absolute atomic E-state index is 0.873. The Bertz CT molecular complexity index is 7100. The van der Waals surface area contributed by atoms with E-state index in [1.807, 2.05) is 6.07 Å². The van der Waals surface area contributed by atoms with Gasteiger partial charge in [0.05, 0.1) is 22.1 Å². The van der Waals surface area contributed by atoms with Crippen LogP contribution in [0.15, 0.2) is 433 Å². The Kier molecular flexibility index (Phi) is 16.1. The first-order chi connectivity index (χ1) is 55.5. The Hall–Kier alpha value is -15.0. The lowest BCUT2D eigenvalue weighted by Gasteiger charge is -2.26. The molecule has 526 valence electrons. The maximum atomic E-state index is 6.78. The molecule has 22 rings (SSSR count). The smallest absolute Gasteiger partial charge is 0.161 e. The standard InChI is InChI=1S/C62H42N2O.C44H28N2O/c1-5-14-43(15-6-1)47-24-32-53(33-25-47)63(54-34-26-48(27-35-54)44-16-7-2-8-17-44)56-23-13-22-50(40-56)49-28-36-55(37-29-49)64-59-38-30-51(45-18-9-3-10-19-45)41-57(59)62-61(64)58-42-52(31-39-60(58)65-62)46-20-11-4-12-21-46;1-3-11-29(12-4-1)31-22-26-40-38(27-31)44-43(37-16-8-10-18-42(37)47-44)46(40)34-23-19-30(20-24-34)32-21-25-36-35-15-7-9-17-39(35)45(41(36)28-32)33-13-5-2-6-14-33/h1-42H;1-28H. The third-order valence-corrected chi connectivity index (χ3v) is 22.1. The third-order valence-electron chi connectivity index (χ3n) is 22.1. The van der Waals surface area contributed by atoms with Crippen LogP contribution in [0.25, 0.3) is 183 Å². The highest BCUT2D eigenvalue weighted by Crippen LogP contribution is 2.46. The molecule has 6 nitrogen and oxygen atoms in total. The van der Waals surface area contributed by atoms with Crippen molar-refractivity contribution in [3.63, 3.8) is 0 Å². The number of nitrogens with zero attached hydrogens (tertiary/aromatic N) is 4. The Morgan fingerprint density at radius 2 is 0.491 bits per heavy atom. The number of fused-ring (bicyclic) bond motifs is 13. The van der Waals surface area contributed by atoms with E-state index in [1.54, 1.807) is 0 Å². The summed E-state index contributed by atoms with van der Waals surface area (Å²) in [6, 6.07) is 152. The molecule has 5 heterocycles. The zero-order valence-electron chi connectivity index (χ0n) is 61.0. The molecule has 0 aliphatic rings. The fraction of sp³-hybridized carbons (Fsp3) is 0. The summed E-state index contributed by atoms with van der Waals surface area (Å²) in [6.45, 7) is 0. The molecule has 0 aliphatic heterocycles.